The third-order valence-electron chi connectivity index (χ3n) is 6.33. The van der Waals surface area contributed by atoms with Crippen LogP contribution in [0.25, 0.3) is 16.7 Å². The number of rotatable bonds is 8. The van der Waals surface area contributed by atoms with E-state index in [4.69, 9.17) is 10.5 Å². The molecule has 1 aliphatic rings. The summed E-state index contributed by atoms with van der Waals surface area (Å²) in [6.07, 6.45) is 3.46. The third kappa shape index (κ3) is 5.15. The summed E-state index contributed by atoms with van der Waals surface area (Å²) in [6, 6.07) is 15.4. The summed E-state index contributed by atoms with van der Waals surface area (Å²) in [6.45, 7) is 2.93. The fraction of sp³-hybridized carbons (Fsp3) is 0.269. The van der Waals surface area contributed by atoms with E-state index in [9.17, 15) is 9.59 Å². The quantitative estimate of drug-likeness (QED) is 0.377. The standard InChI is InChI=1S/C26H28N8O3/c1-37-22-8-7-18(31-24(36)10-9-23(27)35)15-21(22)32-11-13-33(14-12-32)25-20-16-30-34(26(20)29-17-28-25)19-5-3-2-4-6-19/h2-8,15-17H,9-14H2,1H3,(H2,27,35)(H,31,36). The van der Waals surface area contributed by atoms with Crippen LogP contribution in [0.5, 0.6) is 5.75 Å². The molecule has 0 aliphatic carbocycles. The molecule has 11 nitrogen and oxygen atoms in total. The van der Waals surface area contributed by atoms with Crippen molar-refractivity contribution in [2.45, 2.75) is 12.8 Å². The van der Waals surface area contributed by atoms with Crippen LogP contribution in [0, 0.1) is 0 Å². The Balaban J connectivity index is 1.31. The Bertz CT molecular complexity index is 1410. The lowest BCUT2D eigenvalue weighted by Gasteiger charge is -2.37. The molecule has 11 heteroatoms. The average molecular weight is 501 g/mol. The van der Waals surface area contributed by atoms with Crippen molar-refractivity contribution in [1.29, 1.82) is 0 Å². The lowest BCUT2D eigenvalue weighted by Crippen LogP contribution is -2.47. The van der Waals surface area contributed by atoms with Gasteiger partial charge in [0, 0.05) is 44.7 Å². The molecule has 1 fully saturated rings. The largest absolute Gasteiger partial charge is 0.495 e. The minimum atomic E-state index is -0.503. The summed E-state index contributed by atoms with van der Waals surface area (Å²) < 4.78 is 7.41. The van der Waals surface area contributed by atoms with Crippen molar-refractivity contribution < 1.29 is 14.3 Å². The zero-order valence-electron chi connectivity index (χ0n) is 20.5. The Morgan fingerprint density at radius 2 is 1.76 bits per heavy atom. The first-order valence-electron chi connectivity index (χ1n) is 12.0. The van der Waals surface area contributed by atoms with Crippen LogP contribution in [0.2, 0.25) is 0 Å². The van der Waals surface area contributed by atoms with Gasteiger partial charge in [0.15, 0.2) is 5.65 Å². The molecule has 190 valence electrons. The Kier molecular flexibility index (Phi) is 6.84. The van der Waals surface area contributed by atoms with Gasteiger partial charge in [-0.05, 0) is 30.3 Å². The molecular weight excluding hydrogens is 472 g/mol. The van der Waals surface area contributed by atoms with Crippen molar-refractivity contribution >= 4 is 40.0 Å². The SMILES string of the molecule is COc1ccc(NC(=O)CCC(N)=O)cc1N1CCN(c2ncnc3c2cnn3-c2ccccc2)CC1. The summed E-state index contributed by atoms with van der Waals surface area (Å²) in [7, 11) is 1.63. The van der Waals surface area contributed by atoms with Gasteiger partial charge in [-0.25, -0.2) is 14.6 Å². The van der Waals surface area contributed by atoms with Crippen molar-refractivity contribution in [3.8, 4) is 11.4 Å². The number of anilines is 3. The van der Waals surface area contributed by atoms with Crippen LogP contribution in [0.1, 0.15) is 12.8 Å². The molecular formula is C26H28N8O3. The summed E-state index contributed by atoms with van der Waals surface area (Å²) in [5.41, 5.74) is 8.38. The maximum absolute atomic E-state index is 12.2. The highest BCUT2D eigenvalue weighted by Gasteiger charge is 2.24. The maximum Gasteiger partial charge on any atom is 0.224 e. The second-order valence-corrected chi connectivity index (χ2v) is 8.70. The van der Waals surface area contributed by atoms with Gasteiger partial charge < -0.3 is 25.6 Å². The van der Waals surface area contributed by atoms with E-state index in [0.29, 0.717) is 5.69 Å². The zero-order valence-corrected chi connectivity index (χ0v) is 20.5. The van der Waals surface area contributed by atoms with E-state index in [1.54, 1.807) is 19.5 Å². The van der Waals surface area contributed by atoms with E-state index < -0.39 is 5.91 Å². The second-order valence-electron chi connectivity index (χ2n) is 8.70. The predicted octanol–water partition coefficient (Wildman–Crippen LogP) is 2.35. The molecule has 2 aromatic heterocycles. The minimum Gasteiger partial charge on any atom is -0.495 e. The van der Waals surface area contributed by atoms with Crippen molar-refractivity contribution in [2.24, 2.45) is 5.73 Å². The van der Waals surface area contributed by atoms with Gasteiger partial charge in [0.25, 0.3) is 0 Å². The summed E-state index contributed by atoms with van der Waals surface area (Å²) in [4.78, 5) is 36.7. The van der Waals surface area contributed by atoms with E-state index in [1.807, 2.05) is 53.3 Å². The highest BCUT2D eigenvalue weighted by atomic mass is 16.5. The van der Waals surface area contributed by atoms with Crippen molar-refractivity contribution in [2.75, 3.05) is 48.4 Å². The van der Waals surface area contributed by atoms with E-state index in [0.717, 1.165) is 60.2 Å². The first-order chi connectivity index (χ1) is 18.0. The topological polar surface area (TPSA) is 131 Å². The molecule has 1 aliphatic heterocycles. The van der Waals surface area contributed by atoms with Gasteiger partial charge in [0.1, 0.15) is 17.9 Å². The molecule has 1 saturated heterocycles. The van der Waals surface area contributed by atoms with Crippen molar-refractivity contribution in [3.05, 3.63) is 61.1 Å². The number of piperazine rings is 1. The normalized spacial score (nSPS) is 13.5. The number of carbonyl (C=O) groups is 2. The van der Waals surface area contributed by atoms with E-state index in [2.05, 4.69) is 30.2 Å². The fourth-order valence-electron chi connectivity index (χ4n) is 4.48. The van der Waals surface area contributed by atoms with Gasteiger partial charge >= 0.3 is 0 Å². The average Bonchev–Trinajstić information content (AvgIpc) is 3.37. The molecule has 3 N–H and O–H groups in total. The number of methoxy groups -OCH3 is 1. The number of benzene rings is 2. The van der Waals surface area contributed by atoms with Crippen LogP contribution in [-0.4, -0.2) is 64.9 Å². The fourth-order valence-corrected chi connectivity index (χ4v) is 4.48. The smallest absolute Gasteiger partial charge is 0.224 e. The number of nitrogens with zero attached hydrogens (tertiary/aromatic N) is 6. The minimum absolute atomic E-state index is 0.0113. The Hall–Kier alpha value is -4.67. The molecule has 4 aromatic rings. The number of para-hydroxylation sites is 1. The van der Waals surface area contributed by atoms with Gasteiger partial charge in [-0.3, -0.25) is 9.59 Å². The summed E-state index contributed by atoms with van der Waals surface area (Å²) in [5, 5.41) is 8.30. The molecule has 2 amide bonds. The maximum atomic E-state index is 12.2. The molecule has 0 bridgehead atoms. The molecule has 0 unspecified atom stereocenters. The first-order valence-corrected chi connectivity index (χ1v) is 12.0. The number of amides is 2. The van der Waals surface area contributed by atoms with Gasteiger partial charge in [-0.15, -0.1) is 0 Å². The Morgan fingerprint density at radius 3 is 2.49 bits per heavy atom. The molecule has 3 heterocycles. The van der Waals surface area contributed by atoms with Crippen LogP contribution in [0.4, 0.5) is 17.2 Å². The number of nitrogens with one attached hydrogen (secondary N) is 1. The lowest BCUT2D eigenvalue weighted by molar-refractivity contribution is -0.122. The second kappa shape index (κ2) is 10.5. The molecule has 5 rings (SSSR count). The number of fused-ring (bicyclic) bond motifs is 1. The molecule has 0 saturated carbocycles. The molecule has 2 aromatic carbocycles. The van der Waals surface area contributed by atoms with Crippen LogP contribution in [0.3, 0.4) is 0 Å². The van der Waals surface area contributed by atoms with Crippen molar-refractivity contribution in [3.63, 3.8) is 0 Å². The summed E-state index contributed by atoms with van der Waals surface area (Å²) in [5.74, 6) is 0.812. The highest BCUT2D eigenvalue weighted by Crippen LogP contribution is 2.33. The number of hydrogen-bond acceptors (Lipinski definition) is 8. The van der Waals surface area contributed by atoms with Gasteiger partial charge in [0.05, 0.1) is 30.1 Å². The van der Waals surface area contributed by atoms with Crippen LogP contribution < -0.4 is 25.6 Å². The van der Waals surface area contributed by atoms with Gasteiger partial charge in [0.2, 0.25) is 11.8 Å². The molecule has 0 atom stereocenters. The Morgan fingerprint density at radius 1 is 1.00 bits per heavy atom. The van der Waals surface area contributed by atoms with Crippen LogP contribution in [-0.2, 0) is 9.59 Å². The molecule has 0 radical (unpaired) electrons. The number of ether oxygens (including phenoxy) is 1. The first kappa shape index (κ1) is 24.0. The summed E-state index contributed by atoms with van der Waals surface area (Å²) >= 11 is 0. The monoisotopic (exact) mass is 500 g/mol. The third-order valence-corrected chi connectivity index (χ3v) is 6.33. The zero-order chi connectivity index (χ0) is 25.8. The number of primary amides is 1. The lowest BCUT2D eigenvalue weighted by atomic mass is 10.2. The van der Waals surface area contributed by atoms with Crippen molar-refractivity contribution in [1.82, 2.24) is 19.7 Å². The van der Waals surface area contributed by atoms with E-state index in [-0.39, 0.29) is 18.7 Å². The number of aromatic nitrogens is 4. The highest BCUT2D eigenvalue weighted by molar-refractivity contribution is 5.93. The number of hydrogen-bond donors (Lipinski definition) is 2. The van der Waals surface area contributed by atoms with Crippen LogP contribution in [0.15, 0.2) is 61.1 Å². The molecule has 37 heavy (non-hydrogen) atoms. The van der Waals surface area contributed by atoms with Gasteiger partial charge in [-0.2, -0.15) is 5.10 Å². The molecule has 0 spiro atoms. The number of carbonyl (C=O) groups excluding carboxylic acids is 2. The Labute approximate surface area is 213 Å². The predicted molar refractivity (Wildman–Crippen MR) is 141 cm³/mol. The van der Waals surface area contributed by atoms with Crippen LogP contribution >= 0.6 is 0 Å². The van der Waals surface area contributed by atoms with E-state index >= 15 is 0 Å². The van der Waals surface area contributed by atoms with Gasteiger partial charge in [-0.1, -0.05) is 18.2 Å². The number of nitrogens with two attached hydrogens (primary N) is 1. The van der Waals surface area contributed by atoms with E-state index in [1.165, 1.54) is 0 Å².